The number of hydrogen-bond donors (Lipinski definition) is 0. The van der Waals surface area contributed by atoms with Crippen LogP contribution >= 0.6 is 0 Å². The summed E-state index contributed by atoms with van der Waals surface area (Å²) in [5.41, 5.74) is -4.31. The number of allylic oxidation sites excluding steroid dienone is 2. The van der Waals surface area contributed by atoms with E-state index in [0.717, 1.165) is 17.5 Å². The van der Waals surface area contributed by atoms with Crippen molar-refractivity contribution in [2.45, 2.75) is 68.2 Å². The van der Waals surface area contributed by atoms with E-state index in [0.29, 0.717) is 25.7 Å². The number of hydrogen-bond acceptors (Lipinski definition) is 7. The molecule has 0 N–H and O–H groups in total. The molecule has 12 heteroatoms. The van der Waals surface area contributed by atoms with Crippen molar-refractivity contribution in [1.82, 2.24) is 0 Å². The normalized spacial score (nSPS) is 27.9. The van der Waals surface area contributed by atoms with E-state index in [1.807, 2.05) is 6.07 Å². The molecule has 0 aliphatic heterocycles. The highest BCUT2D eigenvalue weighted by atomic mass is 32.2. The minimum atomic E-state index is -5.73. The number of fused-ring (bicyclic) bond motifs is 5. The van der Waals surface area contributed by atoms with Gasteiger partial charge in [-0.2, -0.15) is 21.6 Å². The van der Waals surface area contributed by atoms with Crippen LogP contribution in [0.25, 0.3) is 0 Å². The van der Waals surface area contributed by atoms with E-state index in [1.165, 1.54) is 13.2 Å². The zero-order valence-electron chi connectivity index (χ0n) is 20.0. The van der Waals surface area contributed by atoms with Gasteiger partial charge in [-0.05, 0) is 85.6 Å². The molecule has 3 aliphatic rings. The molecule has 0 amide bonds. The fourth-order valence-electron chi connectivity index (χ4n) is 6.20. The molecule has 4 atom stereocenters. The number of methoxy groups -OCH3 is 1. The largest absolute Gasteiger partial charge is 0.534 e. The Balaban J connectivity index is 1.51. The second-order valence-corrected chi connectivity index (χ2v) is 13.7. The average molecular weight is 551 g/mol. The first kappa shape index (κ1) is 27.0. The van der Waals surface area contributed by atoms with E-state index in [2.05, 4.69) is 8.92 Å². The summed E-state index contributed by atoms with van der Waals surface area (Å²) in [5.74, 6) is -0.591. The monoisotopic (exact) mass is 550 g/mol. The summed E-state index contributed by atoms with van der Waals surface area (Å²) < 4.78 is 96.7. The maximum absolute atomic E-state index is 12.9. The Bertz CT molecular complexity index is 1290. The molecule has 1 saturated carbocycles. The molecular formula is C24H29F3O7S2. The third kappa shape index (κ3) is 4.78. The Morgan fingerprint density at radius 1 is 1.17 bits per heavy atom. The Hall–Kier alpha value is -2.08. The summed E-state index contributed by atoms with van der Waals surface area (Å²) in [5, 5.41) is 0. The number of sulfone groups is 1. The van der Waals surface area contributed by atoms with Gasteiger partial charge in [-0.15, -0.1) is 0 Å². The molecule has 3 aliphatic carbocycles. The molecular weight excluding hydrogens is 521 g/mol. The van der Waals surface area contributed by atoms with Crippen molar-refractivity contribution >= 4 is 25.9 Å². The summed E-state index contributed by atoms with van der Waals surface area (Å²) in [6, 6.07) is 5.11. The van der Waals surface area contributed by atoms with E-state index in [4.69, 9.17) is 0 Å². The molecule has 4 rings (SSSR count). The van der Waals surface area contributed by atoms with Crippen LogP contribution in [0.1, 0.15) is 62.5 Å². The van der Waals surface area contributed by atoms with Crippen LogP contribution in [0.4, 0.5) is 13.2 Å². The van der Waals surface area contributed by atoms with E-state index in [1.54, 1.807) is 19.1 Å². The Labute approximate surface area is 209 Å². The number of halogens is 3. The first-order valence-corrected chi connectivity index (χ1v) is 14.9. The standard InChI is InChI=1S/C24H29F3O7S2/c1-23-12-11-18-17-8-6-16(35(29,30)13-3-4-22(28)33-2)14-15(17)5-7-19(18)20(23)9-10-21(23)34-36(31,32)24(25,26)27/h6,8,10,14,18-20H,3-5,7,9,11-13H2,1-2H3/t18-,19-,20+,23+/m1/s1. The zero-order valence-corrected chi connectivity index (χ0v) is 21.6. The Kier molecular flexibility index (Phi) is 7.00. The quantitative estimate of drug-likeness (QED) is 0.277. The maximum atomic E-state index is 12.9. The summed E-state index contributed by atoms with van der Waals surface area (Å²) in [7, 11) is -8.05. The number of ether oxygens (including phenoxy) is 1. The molecule has 0 unspecified atom stereocenters. The first-order chi connectivity index (χ1) is 16.7. The molecule has 200 valence electrons. The first-order valence-electron chi connectivity index (χ1n) is 11.8. The van der Waals surface area contributed by atoms with Gasteiger partial charge in [-0.1, -0.05) is 13.0 Å². The number of alkyl halides is 3. The fourth-order valence-corrected chi connectivity index (χ4v) is 8.15. The van der Waals surface area contributed by atoms with Crippen LogP contribution in [-0.4, -0.2) is 41.2 Å². The van der Waals surface area contributed by atoms with Crippen molar-refractivity contribution in [2.24, 2.45) is 17.3 Å². The van der Waals surface area contributed by atoms with Crippen LogP contribution in [0, 0.1) is 17.3 Å². The predicted molar refractivity (Wildman–Crippen MR) is 124 cm³/mol. The third-order valence-corrected chi connectivity index (χ3v) is 10.8. The molecule has 0 aromatic heterocycles. The molecule has 1 aromatic carbocycles. The lowest BCUT2D eigenvalue weighted by Gasteiger charge is -2.49. The Morgan fingerprint density at radius 2 is 1.89 bits per heavy atom. The van der Waals surface area contributed by atoms with E-state index < -0.39 is 36.8 Å². The SMILES string of the molecule is COC(=O)CCCS(=O)(=O)c1ccc2c(c1)CC[C@@H]1[C@@H]2CC[C@]2(C)C(OS(=O)(=O)C(F)(F)F)=CC[C@@H]12. The summed E-state index contributed by atoms with van der Waals surface area (Å²) in [4.78, 5) is 11.5. The van der Waals surface area contributed by atoms with Gasteiger partial charge >= 0.3 is 21.6 Å². The topological polar surface area (TPSA) is 104 Å². The van der Waals surface area contributed by atoms with E-state index >= 15 is 0 Å². The number of carbonyl (C=O) groups is 1. The number of benzene rings is 1. The van der Waals surface area contributed by atoms with Crippen LogP contribution in [0.2, 0.25) is 0 Å². The summed E-state index contributed by atoms with van der Waals surface area (Å²) >= 11 is 0. The molecule has 0 heterocycles. The minimum Gasteiger partial charge on any atom is -0.469 e. The van der Waals surface area contributed by atoms with Gasteiger partial charge in [0.15, 0.2) is 9.84 Å². The maximum Gasteiger partial charge on any atom is 0.534 e. The average Bonchev–Trinajstić information content (AvgIpc) is 3.13. The summed E-state index contributed by atoms with van der Waals surface area (Å²) in [6.45, 7) is 1.78. The summed E-state index contributed by atoms with van der Waals surface area (Å²) in [6.07, 6.45) is 4.53. The minimum absolute atomic E-state index is 0.0224. The van der Waals surface area contributed by atoms with Crippen molar-refractivity contribution in [3.63, 3.8) is 0 Å². The van der Waals surface area contributed by atoms with Crippen molar-refractivity contribution in [3.8, 4) is 0 Å². The van der Waals surface area contributed by atoms with Crippen LogP contribution in [-0.2, 0) is 40.1 Å². The number of rotatable bonds is 7. The third-order valence-electron chi connectivity index (χ3n) is 8.07. The molecule has 0 radical (unpaired) electrons. The highest BCUT2D eigenvalue weighted by molar-refractivity contribution is 7.91. The van der Waals surface area contributed by atoms with Crippen molar-refractivity contribution in [3.05, 3.63) is 41.2 Å². The number of esters is 1. The van der Waals surface area contributed by atoms with Crippen LogP contribution in [0.15, 0.2) is 34.9 Å². The molecule has 0 spiro atoms. The molecule has 0 saturated heterocycles. The highest BCUT2D eigenvalue weighted by Gasteiger charge is 2.56. The van der Waals surface area contributed by atoms with Gasteiger partial charge in [-0.3, -0.25) is 4.79 Å². The van der Waals surface area contributed by atoms with Crippen molar-refractivity contribution in [1.29, 1.82) is 0 Å². The predicted octanol–water partition coefficient (Wildman–Crippen LogP) is 4.63. The van der Waals surface area contributed by atoms with Gasteiger partial charge in [0.1, 0.15) is 5.76 Å². The van der Waals surface area contributed by atoms with E-state index in [-0.39, 0.29) is 47.0 Å². The van der Waals surface area contributed by atoms with Gasteiger partial charge in [0.25, 0.3) is 0 Å². The lowest BCUT2D eigenvalue weighted by Crippen LogP contribution is -2.42. The molecule has 1 aromatic rings. The molecule has 0 bridgehead atoms. The fraction of sp³-hybridized carbons (Fsp3) is 0.625. The van der Waals surface area contributed by atoms with Gasteiger partial charge < -0.3 is 8.92 Å². The highest BCUT2D eigenvalue weighted by Crippen LogP contribution is 2.61. The van der Waals surface area contributed by atoms with Crippen LogP contribution in [0.3, 0.4) is 0 Å². The van der Waals surface area contributed by atoms with Crippen molar-refractivity contribution in [2.75, 3.05) is 12.9 Å². The van der Waals surface area contributed by atoms with Gasteiger partial charge in [0, 0.05) is 11.8 Å². The van der Waals surface area contributed by atoms with E-state index in [9.17, 15) is 34.8 Å². The van der Waals surface area contributed by atoms with Crippen molar-refractivity contribution < 1.29 is 43.7 Å². The molecule has 1 fully saturated rings. The van der Waals surface area contributed by atoms with Crippen LogP contribution in [0.5, 0.6) is 0 Å². The second-order valence-electron chi connectivity index (χ2n) is 10.0. The Morgan fingerprint density at radius 3 is 2.56 bits per heavy atom. The zero-order chi connectivity index (χ0) is 26.5. The van der Waals surface area contributed by atoms with Gasteiger partial charge in [0.2, 0.25) is 0 Å². The lowest BCUT2D eigenvalue weighted by molar-refractivity contribution is -0.140. The molecule has 7 nitrogen and oxygen atoms in total. The second kappa shape index (κ2) is 9.34. The number of aryl methyl sites for hydroxylation is 1. The van der Waals surface area contributed by atoms with Crippen LogP contribution < -0.4 is 0 Å². The van der Waals surface area contributed by atoms with Gasteiger partial charge in [-0.25, -0.2) is 8.42 Å². The smallest absolute Gasteiger partial charge is 0.469 e. The van der Waals surface area contributed by atoms with Gasteiger partial charge in [0.05, 0.1) is 17.8 Å². The lowest BCUT2D eigenvalue weighted by atomic mass is 9.55. The molecule has 36 heavy (non-hydrogen) atoms. The number of carbonyl (C=O) groups excluding carboxylic acids is 1.